The molecule has 2 aromatic heterocycles. The summed E-state index contributed by atoms with van der Waals surface area (Å²) in [5, 5.41) is 22.2. The topological polar surface area (TPSA) is 96.0 Å². The van der Waals surface area contributed by atoms with Gasteiger partial charge in [0, 0.05) is 40.8 Å². The summed E-state index contributed by atoms with van der Waals surface area (Å²) >= 11 is 7.25. The van der Waals surface area contributed by atoms with Crippen LogP contribution in [-0.2, 0) is 13.7 Å². The number of hydrogen-bond acceptors (Lipinski definition) is 7. The number of nitro groups is 1. The molecule has 0 saturated carbocycles. The Balaban J connectivity index is 1.57. The zero-order chi connectivity index (χ0) is 20.4. The Morgan fingerprint density at radius 1 is 1.14 bits per heavy atom. The predicted molar refractivity (Wildman–Crippen MR) is 109 cm³/mol. The number of benzene rings is 2. The Hall–Kier alpha value is -3.17. The van der Waals surface area contributed by atoms with Gasteiger partial charge in [-0.3, -0.25) is 15.1 Å². The van der Waals surface area contributed by atoms with Crippen molar-refractivity contribution in [3.63, 3.8) is 0 Å². The molecule has 0 aliphatic rings. The molecule has 4 aromatic rings. The first-order valence-corrected chi connectivity index (χ1v) is 9.68. The van der Waals surface area contributed by atoms with Crippen molar-refractivity contribution in [3.05, 3.63) is 75.8 Å². The van der Waals surface area contributed by atoms with Crippen LogP contribution in [0.2, 0.25) is 5.02 Å². The number of fused-ring (bicyclic) bond motifs is 1. The molecule has 10 heteroatoms. The van der Waals surface area contributed by atoms with E-state index < -0.39 is 4.92 Å². The minimum atomic E-state index is -0.410. The van der Waals surface area contributed by atoms with Gasteiger partial charge in [0.15, 0.2) is 11.0 Å². The van der Waals surface area contributed by atoms with E-state index in [2.05, 4.69) is 15.2 Å². The van der Waals surface area contributed by atoms with Crippen molar-refractivity contribution in [2.24, 2.45) is 7.05 Å². The number of hydrogen-bond donors (Lipinski definition) is 0. The monoisotopic (exact) mass is 427 g/mol. The molecule has 0 aliphatic carbocycles. The lowest BCUT2D eigenvalue weighted by Gasteiger charge is -2.08. The Bertz CT molecular complexity index is 1200. The minimum absolute atomic E-state index is 0.0208. The number of nitro benzene ring substituents is 1. The summed E-state index contributed by atoms with van der Waals surface area (Å²) in [6.45, 7) is 0.247. The van der Waals surface area contributed by atoms with Crippen LogP contribution in [0.15, 0.2) is 64.9 Å². The van der Waals surface area contributed by atoms with Crippen LogP contribution in [0, 0.1) is 10.1 Å². The maximum atomic E-state index is 11.3. The third-order valence-electron chi connectivity index (χ3n) is 4.26. The van der Waals surface area contributed by atoms with Crippen LogP contribution in [-0.4, -0.2) is 24.7 Å². The molecule has 0 atom stereocenters. The normalized spacial score (nSPS) is 11.0. The van der Waals surface area contributed by atoms with Crippen molar-refractivity contribution >= 4 is 39.8 Å². The molecule has 0 fully saturated rings. The highest BCUT2D eigenvalue weighted by Crippen LogP contribution is 2.36. The molecule has 0 N–H and O–H groups in total. The fraction of sp³-hybridized carbons (Fsp3) is 0.105. The molecule has 0 saturated heterocycles. The SMILES string of the molecule is Cn1c(COc2ccc(Cl)cc2)nnc1Sc1ccc([N+](=O)[O-])c2cnccc12. The van der Waals surface area contributed by atoms with E-state index in [1.165, 1.54) is 24.0 Å². The second kappa shape index (κ2) is 8.06. The lowest BCUT2D eigenvalue weighted by molar-refractivity contribution is -0.383. The number of rotatable bonds is 6. The van der Waals surface area contributed by atoms with Gasteiger partial charge in [-0.2, -0.15) is 0 Å². The summed E-state index contributed by atoms with van der Waals surface area (Å²) in [6.07, 6.45) is 3.11. The second-order valence-electron chi connectivity index (χ2n) is 6.06. The van der Waals surface area contributed by atoms with E-state index in [1.807, 2.05) is 11.6 Å². The van der Waals surface area contributed by atoms with Crippen LogP contribution >= 0.6 is 23.4 Å². The van der Waals surface area contributed by atoms with Crippen molar-refractivity contribution in [1.29, 1.82) is 0 Å². The Morgan fingerprint density at radius 2 is 1.93 bits per heavy atom. The maximum Gasteiger partial charge on any atom is 0.278 e. The Kier molecular flexibility index (Phi) is 5.32. The highest BCUT2D eigenvalue weighted by Gasteiger charge is 2.17. The number of halogens is 1. The number of ether oxygens (including phenoxy) is 1. The van der Waals surface area contributed by atoms with Gasteiger partial charge in [-0.05, 0) is 48.2 Å². The van der Waals surface area contributed by atoms with E-state index in [0.717, 1.165) is 10.3 Å². The third-order valence-corrected chi connectivity index (χ3v) is 5.63. The van der Waals surface area contributed by atoms with Gasteiger partial charge in [0.05, 0.1) is 10.3 Å². The zero-order valence-electron chi connectivity index (χ0n) is 15.2. The molecule has 146 valence electrons. The minimum Gasteiger partial charge on any atom is -0.486 e. The van der Waals surface area contributed by atoms with Crippen molar-refractivity contribution in [1.82, 2.24) is 19.7 Å². The molecular weight excluding hydrogens is 414 g/mol. The van der Waals surface area contributed by atoms with Gasteiger partial charge in [-0.25, -0.2) is 0 Å². The summed E-state index contributed by atoms with van der Waals surface area (Å²) in [4.78, 5) is 15.7. The molecule has 2 heterocycles. The van der Waals surface area contributed by atoms with E-state index in [0.29, 0.717) is 27.1 Å². The molecular formula is C19H14ClN5O3S. The number of aromatic nitrogens is 4. The summed E-state index contributed by atoms with van der Waals surface area (Å²) < 4.78 is 7.56. The van der Waals surface area contributed by atoms with Crippen LogP contribution in [0.3, 0.4) is 0 Å². The first kappa shape index (κ1) is 19.2. The van der Waals surface area contributed by atoms with Crippen molar-refractivity contribution in [2.45, 2.75) is 16.7 Å². The van der Waals surface area contributed by atoms with Gasteiger partial charge in [-0.15, -0.1) is 10.2 Å². The van der Waals surface area contributed by atoms with Gasteiger partial charge in [0.1, 0.15) is 12.4 Å². The average molecular weight is 428 g/mol. The summed E-state index contributed by atoms with van der Waals surface area (Å²) in [6, 6.07) is 12.0. The van der Waals surface area contributed by atoms with Crippen molar-refractivity contribution in [2.75, 3.05) is 0 Å². The first-order valence-electron chi connectivity index (χ1n) is 8.48. The predicted octanol–water partition coefficient (Wildman–Crippen LogP) is 4.66. The van der Waals surface area contributed by atoms with Gasteiger partial charge < -0.3 is 9.30 Å². The molecule has 0 spiro atoms. The standard InChI is InChI=1S/C19H14ClN5O3S/c1-24-18(11-28-13-4-2-12(20)3-5-13)22-23-19(24)29-17-7-6-16(25(26)27)15-10-21-9-8-14(15)17/h2-10H,11H2,1H3. The fourth-order valence-corrected chi connectivity index (χ4v) is 3.80. The zero-order valence-corrected chi connectivity index (χ0v) is 16.7. The smallest absolute Gasteiger partial charge is 0.278 e. The van der Waals surface area contributed by atoms with Gasteiger partial charge in [0.2, 0.25) is 0 Å². The fourth-order valence-electron chi connectivity index (χ4n) is 2.73. The molecule has 4 rings (SSSR count). The summed E-state index contributed by atoms with van der Waals surface area (Å²) in [7, 11) is 1.85. The lowest BCUT2D eigenvalue weighted by atomic mass is 10.1. The van der Waals surface area contributed by atoms with Crippen LogP contribution in [0.5, 0.6) is 5.75 Å². The molecule has 0 aliphatic heterocycles. The lowest BCUT2D eigenvalue weighted by Crippen LogP contribution is -2.04. The summed E-state index contributed by atoms with van der Waals surface area (Å²) in [5.41, 5.74) is 0.0208. The average Bonchev–Trinajstić information content (AvgIpc) is 3.07. The molecule has 0 bridgehead atoms. The van der Waals surface area contributed by atoms with Crippen LogP contribution in [0.1, 0.15) is 5.82 Å². The quantitative estimate of drug-likeness (QED) is 0.326. The van der Waals surface area contributed by atoms with Crippen molar-refractivity contribution in [3.8, 4) is 5.75 Å². The van der Waals surface area contributed by atoms with Crippen LogP contribution in [0.4, 0.5) is 5.69 Å². The maximum absolute atomic E-state index is 11.3. The highest BCUT2D eigenvalue weighted by atomic mass is 35.5. The molecule has 0 unspecified atom stereocenters. The van der Waals surface area contributed by atoms with E-state index in [9.17, 15) is 10.1 Å². The number of pyridine rings is 1. The highest BCUT2D eigenvalue weighted by molar-refractivity contribution is 7.99. The second-order valence-corrected chi connectivity index (χ2v) is 7.51. The van der Waals surface area contributed by atoms with Gasteiger partial charge >= 0.3 is 0 Å². The third kappa shape index (κ3) is 4.01. The van der Waals surface area contributed by atoms with E-state index >= 15 is 0 Å². The summed E-state index contributed by atoms with van der Waals surface area (Å²) in [5.74, 6) is 1.33. The first-order chi connectivity index (χ1) is 14.0. The molecule has 0 radical (unpaired) electrons. The van der Waals surface area contributed by atoms with E-state index in [4.69, 9.17) is 16.3 Å². The Labute approximate surface area is 174 Å². The molecule has 8 nitrogen and oxygen atoms in total. The molecule has 29 heavy (non-hydrogen) atoms. The van der Waals surface area contributed by atoms with E-state index in [-0.39, 0.29) is 12.3 Å². The van der Waals surface area contributed by atoms with E-state index in [1.54, 1.807) is 42.6 Å². The number of non-ortho nitro benzene ring substituents is 1. The Morgan fingerprint density at radius 3 is 2.69 bits per heavy atom. The largest absolute Gasteiger partial charge is 0.486 e. The number of nitrogens with zero attached hydrogens (tertiary/aromatic N) is 5. The molecule has 2 aromatic carbocycles. The van der Waals surface area contributed by atoms with Crippen LogP contribution in [0.25, 0.3) is 10.8 Å². The van der Waals surface area contributed by atoms with Crippen molar-refractivity contribution < 1.29 is 9.66 Å². The van der Waals surface area contributed by atoms with Gasteiger partial charge in [0.25, 0.3) is 5.69 Å². The van der Waals surface area contributed by atoms with Gasteiger partial charge in [-0.1, -0.05) is 11.6 Å². The van der Waals surface area contributed by atoms with Crippen LogP contribution < -0.4 is 4.74 Å². The molecule has 0 amide bonds.